The second kappa shape index (κ2) is 7.82. The van der Waals surface area contributed by atoms with Gasteiger partial charge in [0.2, 0.25) is 5.91 Å². The molecule has 5 heteroatoms. The Labute approximate surface area is 130 Å². The van der Waals surface area contributed by atoms with Crippen molar-refractivity contribution in [1.29, 1.82) is 0 Å². The van der Waals surface area contributed by atoms with Gasteiger partial charge in [-0.2, -0.15) is 0 Å². The Morgan fingerprint density at radius 2 is 2.00 bits per heavy atom. The van der Waals surface area contributed by atoms with Gasteiger partial charge in [-0.3, -0.25) is 9.59 Å². The first-order valence-electron chi connectivity index (χ1n) is 7.74. The Hall–Kier alpha value is -2.04. The fourth-order valence-corrected chi connectivity index (χ4v) is 2.94. The van der Waals surface area contributed by atoms with Gasteiger partial charge in [-0.25, -0.2) is 0 Å². The van der Waals surface area contributed by atoms with E-state index in [1.54, 1.807) is 7.11 Å². The van der Waals surface area contributed by atoms with E-state index in [9.17, 15) is 9.59 Å². The highest BCUT2D eigenvalue weighted by molar-refractivity contribution is 5.79. The fraction of sp³-hybridized carbons (Fsp3) is 0.529. The molecule has 1 aromatic carbocycles. The maximum atomic E-state index is 12.5. The zero-order valence-electron chi connectivity index (χ0n) is 13.0. The minimum absolute atomic E-state index is 0.0654. The van der Waals surface area contributed by atoms with Crippen LogP contribution in [0.1, 0.15) is 37.7 Å². The first kappa shape index (κ1) is 16.3. The Morgan fingerprint density at radius 1 is 1.27 bits per heavy atom. The fourth-order valence-electron chi connectivity index (χ4n) is 2.94. The van der Waals surface area contributed by atoms with Crippen LogP contribution in [0, 0.1) is 0 Å². The molecule has 0 saturated carbocycles. The van der Waals surface area contributed by atoms with Crippen molar-refractivity contribution in [3.05, 3.63) is 29.8 Å². The van der Waals surface area contributed by atoms with E-state index in [1.807, 2.05) is 29.2 Å². The van der Waals surface area contributed by atoms with Gasteiger partial charge in [-0.05, 0) is 43.4 Å². The minimum atomic E-state index is -0.798. The molecule has 22 heavy (non-hydrogen) atoms. The highest BCUT2D eigenvalue weighted by Gasteiger charge is 2.26. The number of rotatable bonds is 6. The van der Waals surface area contributed by atoms with Crippen molar-refractivity contribution in [2.24, 2.45) is 0 Å². The van der Waals surface area contributed by atoms with Crippen LogP contribution in [0.25, 0.3) is 0 Å². The van der Waals surface area contributed by atoms with E-state index < -0.39 is 5.97 Å². The smallest absolute Gasteiger partial charge is 0.303 e. The first-order chi connectivity index (χ1) is 10.6. The van der Waals surface area contributed by atoms with Crippen molar-refractivity contribution >= 4 is 11.9 Å². The SMILES string of the molecule is COc1ccc(CC(=O)N2CCCCC2CCC(=O)O)cc1. The molecular weight excluding hydrogens is 282 g/mol. The number of carbonyl (C=O) groups excluding carboxylic acids is 1. The highest BCUT2D eigenvalue weighted by Crippen LogP contribution is 2.22. The van der Waals surface area contributed by atoms with Crippen LogP contribution in [0.2, 0.25) is 0 Å². The predicted molar refractivity (Wildman–Crippen MR) is 82.9 cm³/mol. The molecule has 1 aromatic rings. The van der Waals surface area contributed by atoms with Gasteiger partial charge in [0.25, 0.3) is 0 Å². The van der Waals surface area contributed by atoms with Crippen molar-refractivity contribution in [2.75, 3.05) is 13.7 Å². The van der Waals surface area contributed by atoms with Crippen molar-refractivity contribution in [1.82, 2.24) is 4.90 Å². The minimum Gasteiger partial charge on any atom is -0.497 e. The number of hydrogen-bond donors (Lipinski definition) is 1. The molecule has 1 aliphatic rings. The number of aliphatic carboxylic acids is 1. The van der Waals surface area contributed by atoms with Gasteiger partial charge in [-0.15, -0.1) is 0 Å². The van der Waals surface area contributed by atoms with Crippen molar-refractivity contribution in [3.63, 3.8) is 0 Å². The number of benzene rings is 1. The Kier molecular flexibility index (Phi) is 5.81. The molecule has 0 aromatic heterocycles. The number of amides is 1. The molecule has 5 nitrogen and oxygen atoms in total. The Bertz CT molecular complexity index is 512. The van der Waals surface area contributed by atoms with E-state index in [4.69, 9.17) is 9.84 Å². The first-order valence-corrected chi connectivity index (χ1v) is 7.74. The lowest BCUT2D eigenvalue weighted by atomic mass is 9.97. The summed E-state index contributed by atoms with van der Waals surface area (Å²) in [6.07, 6.45) is 3.99. The van der Waals surface area contributed by atoms with E-state index in [0.29, 0.717) is 12.8 Å². The van der Waals surface area contributed by atoms with Crippen LogP contribution in [0.15, 0.2) is 24.3 Å². The average molecular weight is 305 g/mol. The van der Waals surface area contributed by atoms with Crippen molar-refractivity contribution in [3.8, 4) is 5.75 Å². The molecule has 1 N–H and O–H groups in total. The van der Waals surface area contributed by atoms with Gasteiger partial charge < -0.3 is 14.7 Å². The summed E-state index contributed by atoms with van der Waals surface area (Å²) in [6, 6.07) is 7.55. The second-order valence-corrected chi connectivity index (χ2v) is 5.69. The third-order valence-corrected chi connectivity index (χ3v) is 4.15. The summed E-state index contributed by atoms with van der Waals surface area (Å²) in [5, 5.41) is 8.84. The van der Waals surface area contributed by atoms with Crippen LogP contribution >= 0.6 is 0 Å². The van der Waals surface area contributed by atoms with Gasteiger partial charge in [0.05, 0.1) is 13.5 Å². The molecule has 1 aliphatic heterocycles. The number of carbonyl (C=O) groups is 2. The number of ether oxygens (including phenoxy) is 1. The second-order valence-electron chi connectivity index (χ2n) is 5.69. The van der Waals surface area contributed by atoms with Crippen LogP contribution in [0.3, 0.4) is 0 Å². The number of carboxylic acids is 1. The predicted octanol–water partition coefficient (Wildman–Crippen LogP) is 2.48. The monoisotopic (exact) mass is 305 g/mol. The number of methoxy groups -OCH3 is 1. The lowest BCUT2D eigenvalue weighted by molar-refractivity contribution is -0.139. The third kappa shape index (κ3) is 4.48. The van der Waals surface area contributed by atoms with E-state index >= 15 is 0 Å². The summed E-state index contributed by atoms with van der Waals surface area (Å²) in [5.74, 6) is 0.0573. The van der Waals surface area contributed by atoms with E-state index in [0.717, 1.165) is 37.1 Å². The molecule has 0 bridgehead atoms. The third-order valence-electron chi connectivity index (χ3n) is 4.15. The molecule has 1 saturated heterocycles. The Morgan fingerprint density at radius 3 is 2.64 bits per heavy atom. The standard InChI is InChI=1S/C17H23NO4/c1-22-15-8-5-13(6-9-15)12-16(19)18-11-3-2-4-14(18)7-10-17(20)21/h5-6,8-9,14H,2-4,7,10-12H2,1H3,(H,20,21). The lowest BCUT2D eigenvalue weighted by Gasteiger charge is -2.35. The van der Waals surface area contributed by atoms with Crippen LogP contribution in [0.4, 0.5) is 0 Å². The summed E-state index contributed by atoms with van der Waals surface area (Å²) in [7, 11) is 1.61. The molecule has 1 heterocycles. The van der Waals surface area contributed by atoms with Crippen LogP contribution in [-0.4, -0.2) is 41.6 Å². The number of piperidine rings is 1. The average Bonchev–Trinajstić information content (AvgIpc) is 2.54. The number of nitrogens with zero attached hydrogens (tertiary/aromatic N) is 1. The van der Waals surface area contributed by atoms with Gasteiger partial charge in [0.1, 0.15) is 5.75 Å². The number of hydrogen-bond acceptors (Lipinski definition) is 3. The maximum Gasteiger partial charge on any atom is 0.303 e. The molecule has 120 valence electrons. The van der Waals surface area contributed by atoms with E-state index in [1.165, 1.54) is 0 Å². The van der Waals surface area contributed by atoms with Gasteiger partial charge in [0.15, 0.2) is 0 Å². The van der Waals surface area contributed by atoms with E-state index in [2.05, 4.69) is 0 Å². The van der Waals surface area contributed by atoms with E-state index in [-0.39, 0.29) is 18.4 Å². The summed E-state index contributed by atoms with van der Waals surface area (Å²) < 4.78 is 5.11. The van der Waals surface area contributed by atoms with Crippen LogP contribution < -0.4 is 4.74 Å². The number of likely N-dealkylation sites (tertiary alicyclic amines) is 1. The molecule has 2 rings (SSSR count). The molecule has 1 unspecified atom stereocenters. The molecule has 1 fully saturated rings. The zero-order chi connectivity index (χ0) is 15.9. The number of carboxylic acid groups (broad SMARTS) is 1. The maximum absolute atomic E-state index is 12.5. The van der Waals surface area contributed by atoms with Crippen LogP contribution in [-0.2, 0) is 16.0 Å². The van der Waals surface area contributed by atoms with Gasteiger partial charge in [-0.1, -0.05) is 12.1 Å². The van der Waals surface area contributed by atoms with Gasteiger partial charge >= 0.3 is 5.97 Å². The molecular formula is C17H23NO4. The molecule has 1 atom stereocenters. The molecule has 0 radical (unpaired) electrons. The summed E-state index contributed by atoms with van der Waals surface area (Å²) in [5.41, 5.74) is 0.952. The lowest BCUT2D eigenvalue weighted by Crippen LogP contribution is -2.44. The highest BCUT2D eigenvalue weighted by atomic mass is 16.5. The van der Waals surface area contributed by atoms with Crippen LogP contribution in [0.5, 0.6) is 5.75 Å². The van der Waals surface area contributed by atoms with Crippen molar-refractivity contribution < 1.29 is 19.4 Å². The normalized spacial score (nSPS) is 18.0. The summed E-state index contributed by atoms with van der Waals surface area (Å²) in [6.45, 7) is 0.735. The quantitative estimate of drug-likeness (QED) is 0.877. The zero-order valence-corrected chi connectivity index (χ0v) is 13.0. The Balaban J connectivity index is 1.96. The van der Waals surface area contributed by atoms with Crippen molar-refractivity contribution in [2.45, 2.75) is 44.6 Å². The van der Waals surface area contributed by atoms with Gasteiger partial charge in [0, 0.05) is 19.0 Å². The summed E-state index contributed by atoms with van der Waals surface area (Å²) in [4.78, 5) is 25.2. The topological polar surface area (TPSA) is 66.8 Å². The molecule has 0 aliphatic carbocycles. The molecule has 0 spiro atoms. The molecule has 1 amide bonds. The summed E-state index contributed by atoms with van der Waals surface area (Å²) >= 11 is 0. The largest absolute Gasteiger partial charge is 0.497 e.